The van der Waals surface area contributed by atoms with Gasteiger partial charge >= 0.3 is 0 Å². The fraction of sp³-hybridized carbons (Fsp3) is 0.304. The van der Waals surface area contributed by atoms with Crippen LogP contribution in [0.1, 0.15) is 18.5 Å². The summed E-state index contributed by atoms with van der Waals surface area (Å²) in [6.45, 7) is 3.03. The lowest BCUT2D eigenvalue weighted by Gasteiger charge is -2.29. The maximum atomic E-state index is 13.3. The molecule has 0 spiro atoms. The Morgan fingerprint density at radius 1 is 0.967 bits per heavy atom. The minimum absolute atomic E-state index is 0.0929. The molecule has 0 radical (unpaired) electrons. The highest BCUT2D eigenvalue weighted by Gasteiger charge is 2.47. The summed E-state index contributed by atoms with van der Waals surface area (Å²) in [5.74, 6) is 1.42. The summed E-state index contributed by atoms with van der Waals surface area (Å²) in [6.07, 6.45) is 2.07. The van der Waals surface area contributed by atoms with Crippen LogP contribution < -0.4 is 10.6 Å². The Morgan fingerprint density at radius 3 is 2.33 bits per heavy atom. The Kier molecular flexibility index (Phi) is 5.08. The molecule has 2 aliphatic rings. The predicted octanol–water partition coefficient (Wildman–Crippen LogP) is 4.48. The van der Waals surface area contributed by atoms with Crippen LogP contribution in [0, 0.1) is 5.82 Å². The Labute approximate surface area is 179 Å². The molecule has 0 atom stereocenters. The number of aromatic nitrogens is 2. The molecule has 5 rings (SSSR count). The first-order valence-electron chi connectivity index (χ1n) is 10.1. The van der Waals surface area contributed by atoms with E-state index in [1.54, 1.807) is 11.8 Å². The first-order valence-corrected chi connectivity index (χ1v) is 11.0. The number of halogens is 1. The summed E-state index contributed by atoms with van der Waals surface area (Å²) in [5.41, 5.74) is 8.56. The Morgan fingerprint density at radius 2 is 1.67 bits per heavy atom. The Bertz CT molecular complexity index is 1030. The number of nitrogen functional groups attached to an aromatic ring is 1. The monoisotopic (exact) mass is 422 g/mol. The van der Waals surface area contributed by atoms with E-state index in [-0.39, 0.29) is 10.6 Å². The van der Waals surface area contributed by atoms with Crippen molar-refractivity contribution in [2.24, 2.45) is 0 Å². The number of rotatable bonds is 5. The third kappa shape index (κ3) is 4.00. The highest BCUT2D eigenvalue weighted by molar-refractivity contribution is 8.00. The lowest BCUT2D eigenvalue weighted by molar-refractivity contribution is 0.122. The maximum absolute atomic E-state index is 13.3. The molecule has 1 aliphatic carbocycles. The van der Waals surface area contributed by atoms with Crippen molar-refractivity contribution < 1.29 is 9.13 Å². The van der Waals surface area contributed by atoms with Gasteiger partial charge in [0.05, 0.1) is 23.7 Å². The average Bonchev–Trinajstić information content (AvgIpc) is 3.57. The van der Waals surface area contributed by atoms with Crippen LogP contribution in [-0.4, -0.2) is 36.3 Å². The lowest BCUT2D eigenvalue weighted by Crippen LogP contribution is -2.37. The van der Waals surface area contributed by atoms with E-state index in [0.29, 0.717) is 24.7 Å². The molecule has 7 heteroatoms. The van der Waals surface area contributed by atoms with Gasteiger partial charge in [0.25, 0.3) is 0 Å². The molecule has 1 aromatic heterocycles. The number of benzene rings is 2. The minimum Gasteiger partial charge on any atom is -0.399 e. The average molecular weight is 423 g/mol. The first kappa shape index (κ1) is 19.3. The van der Waals surface area contributed by atoms with E-state index in [1.165, 1.54) is 12.1 Å². The minimum atomic E-state index is -0.216. The SMILES string of the molecule is Nc1ccc(-c2nc(N3CCOCC3)cc(C3(Sc4ccc(F)cc4)CC3)n2)cc1. The van der Waals surface area contributed by atoms with E-state index >= 15 is 0 Å². The van der Waals surface area contributed by atoms with Gasteiger partial charge in [-0.05, 0) is 61.4 Å². The molecule has 2 aromatic carbocycles. The van der Waals surface area contributed by atoms with Gasteiger partial charge in [-0.25, -0.2) is 14.4 Å². The van der Waals surface area contributed by atoms with Gasteiger partial charge in [0, 0.05) is 35.3 Å². The third-order valence-corrected chi connectivity index (χ3v) is 7.03. The molecule has 154 valence electrons. The number of morpholine rings is 1. The molecule has 1 saturated heterocycles. The van der Waals surface area contributed by atoms with Crippen LogP contribution >= 0.6 is 11.8 Å². The van der Waals surface area contributed by atoms with Gasteiger partial charge < -0.3 is 15.4 Å². The van der Waals surface area contributed by atoms with Crippen molar-refractivity contribution in [3.05, 3.63) is 66.1 Å². The maximum Gasteiger partial charge on any atom is 0.161 e. The molecule has 3 aromatic rings. The molecule has 30 heavy (non-hydrogen) atoms. The number of hydrogen-bond acceptors (Lipinski definition) is 6. The van der Waals surface area contributed by atoms with E-state index in [9.17, 15) is 4.39 Å². The fourth-order valence-electron chi connectivity index (χ4n) is 3.64. The van der Waals surface area contributed by atoms with Crippen molar-refractivity contribution in [1.29, 1.82) is 0 Å². The van der Waals surface area contributed by atoms with Crippen molar-refractivity contribution in [3.8, 4) is 11.4 Å². The third-order valence-electron chi connectivity index (χ3n) is 5.51. The molecule has 1 aliphatic heterocycles. The topological polar surface area (TPSA) is 64.3 Å². The second kappa shape index (κ2) is 7.89. The van der Waals surface area contributed by atoms with Crippen molar-refractivity contribution in [2.75, 3.05) is 36.9 Å². The first-order chi connectivity index (χ1) is 14.6. The predicted molar refractivity (Wildman–Crippen MR) is 118 cm³/mol. The van der Waals surface area contributed by atoms with Gasteiger partial charge in [-0.1, -0.05) is 0 Å². The van der Waals surface area contributed by atoms with Crippen LogP contribution in [0.5, 0.6) is 0 Å². The van der Waals surface area contributed by atoms with Crippen LogP contribution in [0.15, 0.2) is 59.5 Å². The van der Waals surface area contributed by atoms with Crippen LogP contribution in [-0.2, 0) is 9.48 Å². The summed E-state index contributed by atoms with van der Waals surface area (Å²) < 4.78 is 18.8. The number of ether oxygens (including phenoxy) is 1. The highest BCUT2D eigenvalue weighted by atomic mass is 32.2. The molecule has 2 heterocycles. The second-order valence-electron chi connectivity index (χ2n) is 7.71. The standard InChI is InChI=1S/C23H23FN4OS/c24-17-3-7-19(8-4-17)30-23(9-10-23)20-15-21(28-11-13-29-14-12-28)27-22(26-20)16-1-5-18(25)6-2-16/h1-8,15H,9-14,25H2. The fourth-order valence-corrected chi connectivity index (χ4v) is 4.87. The quantitative estimate of drug-likeness (QED) is 0.612. The molecule has 5 nitrogen and oxygen atoms in total. The summed E-state index contributed by atoms with van der Waals surface area (Å²) in [6, 6.07) is 16.5. The zero-order valence-electron chi connectivity index (χ0n) is 16.6. The largest absolute Gasteiger partial charge is 0.399 e. The molecule has 2 N–H and O–H groups in total. The normalized spacial score (nSPS) is 17.7. The molecule has 2 fully saturated rings. The summed E-state index contributed by atoms with van der Waals surface area (Å²) in [5, 5.41) is 0. The van der Waals surface area contributed by atoms with Gasteiger partial charge in [0.2, 0.25) is 0 Å². The smallest absolute Gasteiger partial charge is 0.161 e. The van der Waals surface area contributed by atoms with Gasteiger partial charge in [0.15, 0.2) is 5.82 Å². The van der Waals surface area contributed by atoms with Crippen molar-refractivity contribution >= 4 is 23.3 Å². The lowest BCUT2D eigenvalue weighted by atomic mass is 10.1. The highest BCUT2D eigenvalue weighted by Crippen LogP contribution is 2.59. The summed E-state index contributed by atoms with van der Waals surface area (Å²) in [4.78, 5) is 13.2. The van der Waals surface area contributed by atoms with Crippen LogP contribution in [0.25, 0.3) is 11.4 Å². The van der Waals surface area contributed by atoms with E-state index in [2.05, 4.69) is 11.0 Å². The van der Waals surface area contributed by atoms with E-state index in [1.807, 2.05) is 36.4 Å². The van der Waals surface area contributed by atoms with Crippen molar-refractivity contribution in [1.82, 2.24) is 9.97 Å². The zero-order valence-corrected chi connectivity index (χ0v) is 17.4. The van der Waals surface area contributed by atoms with Crippen molar-refractivity contribution in [2.45, 2.75) is 22.5 Å². The molecule has 0 bridgehead atoms. The number of thioether (sulfide) groups is 1. The van der Waals surface area contributed by atoms with Crippen LogP contribution in [0.3, 0.4) is 0 Å². The van der Waals surface area contributed by atoms with Gasteiger partial charge in [-0.15, -0.1) is 11.8 Å². The Balaban J connectivity index is 1.53. The molecular weight excluding hydrogens is 399 g/mol. The molecule has 1 saturated carbocycles. The molecular formula is C23H23FN4OS. The number of hydrogen-bond donors (Lipinski definition) is 1. The van der Waals surface area contributed by atoms with Crippen molar-refractivity contribution in [3.63, 3.8) is 0 Å². The Hall–Kier alpha value is -2.64. The number of nitrogens with zero attached hydrogens (tertiary/aromatic N) is 3. The van der Waals surface area contributed by atoms with E-state index in [4.69, 9.17) is 20.4 Å². The second-order valence-corrected chi connectivity index (χ2v) is 9.16. The van der Waals surface area contributed by atoms with E-state index in [0.717, 1.165) is 47.9 Å². The van der Waals surface area contributed by atoms with Gasteiger partial charge in [-0.3, -0.25) is 0 Å². The molecule has 0 amide bonds. The summed E-state index contributed by atoms with van der Waals surface area (Å²) in [7, 11) is 0. The summed E-state index contributed by atoms with van der Waals surface area (Å²) >= 11 is 1.76. The van der Waals surface area contributed by atoms with Gasteiger partial charge in [-0.2, -0.15) is 0 Å². The number of nitrogens with two attached hydrogens (primary N) is 1. The number of anilines is 2. The van der Waals surface area contributed by atoms with E-state index < -0.39 is 0 Å². The zero-order chi connectivity index (χ0) is 20.6. The molecule has 0 unspecified atom stereocenters. The van der Waals surface area contributed by atoms with Crippen LogP contribution in [0.4, 0.5) is 15.9 Å². The van der Waals surface area contributed by atoms with Gasteiger partial charge in [0.1, 0.15) is 11.6 Å². The van der Waals surface area contributed by atoms with Crippen LogP contribution in [0.2, 0.25) is 0 Å².